The average molecular weight is 395 g/mol. The molecule has 3 rings (SSSR count). The Kier molecular flexibility index (Phi) is 6.29. The highest BCUT2D eigenvalue weighted by atomic mass is 16.5. The van der Waals surface area contributed by atoms with Gasteiger partial charge < -0.3 is 5.32 Å². The zero-order chi connectivity index (χ0) is 20.9. The zero-order valence-corrected chi connectivity index (χ0v) is 16.4. The predicted molar refractivity (Wildman–Crippen MR) is 108 cm³/mol. The van der Waals surface area contributed by atoms with E-state index in [1.807, 2.05) is 61.5 Å². The molecule has 0 bridgehead atoms. The number of hydroxylamine groups is 2. The molecular weight excluding hydrogens is 370 g/mol. The van der Waals surface area contributed by atoms with E-state index in [0.717, 1.165) is 28.0 Å². The summed E-state index contributed by atoms with van der Waals surface area (Å²) in [5.41, 5.74) is 1.65. The quantitative estimate of drug-likeness (QED) is 0.295. The second-order valence-corrected chi connectivity index (χ2v) is 7.27. The van der Waals surface area contributed by atoms with Gasteiger partial charge in [0.25, 0.3) is 5.91 Å². The van der Waals surface area contributed by atoms with Gasteiger partial charge in [-0.1, -0.05) is 74.4 Å². The van der Waals surface area contributed by atoms with E-state index >= 15 is 0 Å². The SMILES string of the molecule is CCCCC1(CN(O)C=O)NC(=O)N(Cc2ccc(-c3ccccc3)cc2)C1=O. The van der Waals surface area contributed by atoms with E-state index in [2.05, 4.69) is 5.32 Å². The summed E-state index contributed by atoms with van der Waals surface area (Å²) in [5, 5.41) is 12.8. The third kappa shape index (κ3) is 4.46. The number of carbonyl (C=O) groups excluding carboxylic acids is 3. The molecule has 0 radical (unpaired) electrons. The number of unbranched alkanes of at least 4 members (excludes halogenated alkanes) is 1. The molecule has 0 spiro atoms. The van der Waals surface area contributed by atoms with Gasteiger partial charge in [-0.3, -0.25) is 19.7 Å². The normalized spacial score (nSPS) is 18.6. The summed E-state index contributed by atoms with van der Waals surface area (Å²) in [6.45, 7) is 1.82. The van der Waals surface area contributed by atoms with Crippen molar-refractivity contribution in [2.24, 2.45) is 0 Å². The van der Waals surface area contributed by atoms with Crippen molar-refractivity contribution in [1.82, 2.24) is 15.3 Å². The van der Waals surface area contributed by atoms with Crippen LogP contribution < -0.4 is 5.32 Å². The van der Waals surface area contributed by atoms with Gasteiger partial charge in [0.2, 0.25) is 6.41 Å². The summed E-state index contributed by atoms with van der Waals surface area (Å²) in [6, 6.07) is 17.1. The van der Waals surface area contributed by atoms with Crippen molar-refractivity contribution in [2.75, 3.05) is 6.54 Å². The van der Waals surface area contributed by atoms with Crippen LogP contribution in [0.25, 0.3) is 11.1 Å². The molecule has 1 atom stereocenters. The lowest BCUT2D eigenvalue weighted by Gasteiger charge is -2.28. The second-order valence-electron chi connectivity index (χ2n) is 7.27. The van der Waals surface area contributed by atoms with E-state index in [-0.39, 0.29) is 19.5 Å². The molecule has 2 aromatic carbocycles. The Morgan fingerprint density at radius 1 is 1.07 bits per heavy atom. The first-order valence-electron chi connectivity index (χ1n) is 9.68. The Bertz CT molecular complexity index is 869. The molecule has 2 N–H and O–H groups in total. The van der Waals surface area contributed by atoms with Crippen LogP contribution in [0.15, 0.2) is 54.6 Å². The molecule has 1 heterocycles. The van der Waals surface area contributed by atoms with Gasteiger partial charge in [0, 0.05) is 0 Å². The lowest BCUT2D eigenvalue weighted by molar-refractivity contribution is -0.157. The number of carbonyl (C=O) groups is 3. The number of hydrogen-bond donors (Lipinski definition) is 2. The standard InChI is InChI=1S/C22H25N3O4/c1-2-3-13-22(15-24(29)16-26)20(27)25(21(28)23-22)14-17-9-11-19(12-10-17)18-7-5-4-6-8-18/h4-12,16,29H,2-3,13-15H2,1H3,(H,23,28). The second kappa shape index (κ2) is 8.87. The maximum atomic E-state index is 13.1. The Hall–Kier alpha value is -3.19. The number of rotatable bonds is 9. The van der Waals surface area contributed by atoms with E-state index in [4.69, 9.17) is 0 Å². The lowest BCUT2D eigenvalue weighted by Crippen LogP contribution is -2.54. The predicted octanol–water partition coefficient (Wildman–Crippen LogP) is 3.18. The highest BCUT2D eigenvalue weighted by Crippen LogP contribution is 2.27. The van der Waals surface area contributed by atoms with Crippen molar-refractivity contribution in [3.8, 4) is 11.1 Å². The fourth-order valence-electron chi connectivity index (χ4n) is 3.58. The molecule has 4 amide bonds. The van der Waals surface area contributed by atoms with Crippen LogP contribution in [0.5, 0.6) is 0 Å². The van der Waals surface area contributed by atoms with Gasteiger partial charge in [-0.25, -0.2) is 9.86 Å². The van der Waals surface area contributed by atoms with Crippen molar-refractivity contribution >= 4 is 18.3 Å². The maximum absolute atomic E-state index is 13.1. The smallest absolute Gasteiger partial charge is 0.321 e. The molecule has 0 aromatic heterocycles. The molecule has 0 aliphatic carbocycles. The first kappa shape index (κ1) is 20.5. The molecule has 29 heavy (non-hydrogen) atoms. The van der Waals surface area contributed by atoms with E-state index in [1.54, 1.807) is 0 Å². The minimum atomic E-state index is -1.30. The van der Waals surface area contributed by atoms with Gasteiger partial charge in [-0.15, -0.1) is 0 Å². The van der Waals surface area contributed by atoms with Gasteiger partial charge in [0.15, 0.2) is 0 Å². The van der Waals surface area contributed by atoms with Gasteiger partial charge >= 0.3 is 6.03 Å². The number of urea groups is 1. The highest BCUT2D eigenvalue weighted by Gasteiger charge is 2.51. The van der Waals surface area contributed by atoms with Gasteiger partial charge in [0.1, 0.15) is 5.54 Å². The van der Waals surface area contributed by atoms with Crippen molar-refractivity contribution in [2.45, 2.75) is 38.3 Å². The Morgan fingerprint density at radius 3 is 2.34 bits per heavy atom. The third-order valence-electron chi connectivity index (χ3n) is 5.16. The fourth-order valence-corrected chi connectivity index (χ4v) is 3.58. The Balaban J connectivity index is 1.77. The van der Waals surface area contributed by atoms with Crippen LogP contribution in [0.3, 0.4) is 0 Å². The molecule has 1 fully saturated rings. The monoisotopic (exact) mass is 395 g/mol. The lowest BCUT2D eigenvalue weighted by atomic mass is 9.92. The molecule has 0 saturated carbocycles. The van der Waals surface area contributed by atoms with Gasteiger partial charge in [-0.2, -0.15) is 0 Å². The number of imide groups is 1. The zero-order valence-electron chi connectivity index (χ0n) is 16.4. The molecule has 1 unspecified atom stereocenters. The van der Waals surface area contributed by atoms with Crippen molar-refractivity contribution in [3.05, 3.63) is 60.2 Å². The number of nitrogens with one attached hydrogen (secondary N) is 1. The van der Waals surface area contributed by atoms with Crippen LogP contribution in [0.4, 0.5) is 4.79 Å². The summed E-state index contributed by atoms with van der Waals surface area (Å²) in [6.07, 6.45) is 2.08. The van der Waals surface area contributed by atoms with E-state index in [1.165, 1.54) is 0 Å². The van der Waals surface area contributed by atoms with Crippen LogP contribution in [0.2, 0.25) is 0 Å². The number of hydrogen-bond acceptors (Lipinski definition) is 4. The maximum Gasteiger partial charge on any atom is 0.325 e. The van der Waals surface area contributed by atoms with Crippen LogP contribution in [0.1, 0.15) is 31.7 Å². The highest BCUT2D eigenvalue weighted by molar-refractivity contribution is 6.07. The Morgan fingerprint density at radius 2 is 1.72 bits per heavy atom. The fraction of sp³-hybridized carbons (Fsp3) is 0.318. The molecule has 7 heteroatoms. The van der Waals surface area contributed by atoms with E-state index < -0.39 is 17.5 Å². The molecular formula is C22H25N3O4. The summed E-state index contributed by atoms with van der Waals surface area (Å²) < 4.78 is 0. The third-order valence-corrected chi connectivity index (χ3v) is 5.16. The van der Waals surface area contributed by atoms with E-state index in [9.17, 15) is 19.6 Å². The van der Waals surface area contributed by atoms with Gasteiger partial charge in [-0.05, 0) is 23.1 Å². The van der Waals surface area contributed by atoms with Crippen molar-refractivity contribution < 1.29 is 19.6 Å². The Labute approximate surface area is 169 Å². The summed E-state index contributed by atoms with van der Waals surface area (Å²) >= 11 is 0. The van der Waals surface area contributed by atoms with Crippen molar-refractivity contribution in [3.63, 3.8) is 0 Å². The van der Waals surface area contributed by atoms with Crippen LogP contribution in [-0.2, 0) is 16.1 Å². The molecule has 1 aliphatic rings. The van der Waals surface area contributed by atoms with E-state index in [0.29, 0.717) is 17.9 Å². The minimum Gasteiger partial charge on any atom is -0.321 e. The minimum absolute atomic E-state index is 0.125. The number of benzene rings is 2. The molecule has 1 saturated heterocycles. The topological polar surface area (TPSA) is 89.9 Å². The van der Waals surface area contributed by atoms with Crippen LogP contribution >= 0.6 is 0 Å². The molecule has 152 valence electrons. The summed E-state index contributed by atoms with van der Waals surface area (Å²) in [7, 11) is 0. The number of amides is 4. The van der Waals surface area contributed by atoms with Crippen LogP contribution in [-0.4, -0.2) is 45.6 Å². The first-order valence-corrected chi connectivity index (χ1v) is 9.68. The molecule has 2 aromatic rings. The summed E-state index contributed by atoms with van der Waals surface area (Å²) in [4.78, 5) is 37.6. The molecule has 7 nitrogen and oxygen atoms in total. The van der Waals surface area contributed by atoms with Gasteiger partial charge in [0.05, 0.1) is 13.1 Å². The average Bonchev–Trinajstić information content (AvgIpc) is 2.97. The van der Waals surface area contributed by atoms with Crippen LogP contribution in [0, 0.1) is 0 Å². The largest absolute Gasteiger partial charge is 0.325 e. The number of nitrogens with zero attached hydrogens (tertiary/aromatic N) is 2. The van der Waals surface area contributed by atoms with Crippen molar-refractivity contribution in [1.29, 1.82) is 0 Å². The summed E-state index contributed by atoms with van der Waals surface area (Å²) in [5.74, 6) is -0.427. The first-order chi connectivity index (χ1) is 14.0. The molecule has 1 aliphatic heterocycles.